The highest BCUT2D eigenvalue weighted by Crippen LogP contribution is 2.28. The molecule has 3 heterocycles. The third-order valence-electron chi connectivity index (χ3n) is 3.18. The average molecular weight is 306 g/mol. The highest BCUT2D eigenvalue weighted by molar-refractivity contribution is 6.28. The van der Waals surface area contributed by atoms with Crippen LogP contribution < -0.4 is 5.73 Å². The minimum Gasteiger partial charge on any atom is -0.384 e. The number of hydrogen-bond donors (Lipinski definition) is 1. The molecule has 0 aromatic carbocycles. The van der Waals surface area contributed by atoms with E-state index < -0.39 is 0 Å². The van der Waals surface area contributed by atoms with Gasteiger partial charge >= 0.3 is 0 Å². The van der Waals surface area contributed by atoms with Gasteiger partial charge in [-0.1, -0.05) is 19.4 Å². The number of hydrogen-bond acceptors (Lipinski definition) is 4. The summed E-state index contributed by atoms with van der Waals surface area (Å²) in [6.45, 7) is 1.98. The maximum atomic E-state index is 14.6. The molecule has 0 unspecified atom stereocenters. The van der Waals surface area contributed by atoms with Gasteiger partial charge in [-0.05, 0) is 30.2 Å². The molecular formula is C14H13ClFN5. The summed E-state index contributed by atoms with van der Waals surface area (Å²) in [5.41, 5.74) is 6.62. The molecule has 0 saturated carbocycles. The molecule has 0 amide bonds. The fourth-order valence-electron chi connectivity index (χ4n) is 2.33. The Balaban J connectivity index is 2.37. The van der Waals surface area contributed by atoms with Crippen molar-refractivity contribution in [3.8, 4) is 5.82 Å². The number of aromatic nitrogens is 4. The van der Waals surface area contributed by atoms with Crippen LogP contribution in [0.2, 0.25) is 5.28 Å². The minimum atomic E-state index is -0.340. The lowest BCUT2D eigenvalue weighted by atomic mass is 10.2. The Morgan fingerprint density at radius 1 is 1.33 bits per heavy atom. The van der Waals surface area contributed by atoms with Crippen LogP contribution in [0.3, 0.4) is 0 Å². The van der Waals surface area contributed by atoms with Crippen LogP contribution in [0.4, 0.5) is 10.2 Å². The Morgan fingerprint density at radius 3 is 2.86 bits per heavy atom. The van der Waals surface area contributed by atoms with Crippen LogP contribution in [0.1, 0.15) is 19.0 Å². The van der Waals surface area contributed by atoms with Crippen LogP contribution in [0.25, 0.3) is 16.9 Å². The van der Waals surface area contributed by atoms with Crippen molar-refractivity contribution < 1.29 is 4.39 Å². The molecule has 0 fully saturated rings. The highest BCUT2D eigenvalue weighted by Gasteiger charge is 2.20. The number of anilines is 1. The van der Waals surface area contributed by atoms with Gasteiger partial charge in [-0.15, -0.1) is 0 Å². The van der Waals surface area contributed by atoms with Gasteiger partial charge in [0.1, 0.15) is 11.6 Å². The van der Waals surface area contributed by atoms with Crippen molar-refractivity contribution >= 4 is 28.5 Å². The second-order valence-electron chi connectivity index (χ2n) is 4.64. The summed E-state index contributed by atoms with van der Waals surface area (Å²) in [5.74, 6) is 0.534. The lowest BCUT2D eigenvalue weighted by Gasteiger charge is -2.09. The Morgan fingerprint density at radius 2 is 2.14 bits per heavy atom. The van der Waals surface area contributed by atoms with Crippen LogP contribution >= 0.6 is 11.6 Å². The summed E-state index contributed by atoms with van der Waals surface area (Å²) in [6.07, 6.45) is 2.73. The standard InChI is InChI=1S/C14H13ClFN5/c1-2-4-9-12(16)8-7-18-14(15)20-13(8)21(9)11-6-3-5-10(17)19-11/h3,5-7H,2,4H2,1H3,(H2,17,19). The first kappa shape index (κ1) is 13.8. The summed E-state index contributed by atoms with van der Waals surface area (Å²) in [5, 5.41) is 0.389. The second kappa shape index (κ2) is 5.29. The number of fused-ring (bicyclic) bond motifs is 1. The molecule has 3 aromatic rings. The number of pyridine rings is 1. The zero-order valence-electron chi connectivity index (χ0n) is 11.3. The number of nitrogen functional groups attached to an aromatic ring is 1. The number of nitrogens with two attached hydrogens (primary N) is 1. The summed E-state index contributed by atoms with van der Waals surface area (Å²) < 4.78 is 16.2. The topological polar surface area (TPSA) is 69.6 Å². The molecule has 0 saturated heterocycles. The third kappa shape index (κ3) is 2.31. The normalized spacial score (nSPS) is 11.2. The number of rotatable bonds is 3. The van der Waals surface area contributed by atoms with Gasteiger partial charge in [-0.3, -0.25) is 4.57 Å². The quantitative estimate of drug-likeness (QED) is 0.755. The van der Waals surface area contributed by atoms with E-state index in [4.69, 9.17) is 17.3 Å². The van der Waals surface area contributed by atoms with Gasteiger partial charge in [0.05, 0.1) is 11.1 Å². The predicted octanol–water partition coefficient (Wildman–Crippen LogP) is 3.14. The second-order valence-corrected chi connectivity index (χ2v) is 4.98. The molecule has 21 heavy (non-hydrogen) atoms. The van der Waals surface area contributed by atoms with Crippen molar-refractivity contribution in [1.82, 2.24) is 19.5 Å². The molecule has 108 valence electrons. The Labute approximate surface area is 125 Å². The van der Waals surface area contributed by atoms with Crippen LogP contribution in [-0.2, 0) is 6.42 Å². The summed E-state index contributed by atoms with van der Waals surface area (Å²) >= 11 is 5.84. The Kier molecular flexibility index (Phi) is 3.47. The molecule has 3 rings (SSSR count). The van der Waals surface area contributed by atoms with E-state index in [0.717, 1.165) is 6.42 Å². The third-order valence-corrected chi connectivity index (χ3v) is 3.36. The molecule has 0 aliphatic rings. The van der Waals surface area contributed by atoms with Crippen molar-refractivity contribution in [2.24, 2.45) is 0 Å². The van der Waals surface area contributed by atoms with Gasteiger partial charge in [0, 0.05) is 6.20 Å². The van der Waals surface area contributed by atoms with Crippen LogP contribution in [0.15, 0.2) is 24.4 Å². The van der Waals surface area contributed by atoms with E-state index in [1.165, 1.54) is 6.20 Å². The summed E-state index contributed by atoms with van der Waals surface area (Å²) in [4.78, 5) is 12.2. The molecule has 0 atom stereocenters. The lowest BCUT2D eigenvalue weighted by molar-refractivity contribution is 0.608. The Hall–Kier alpha value is -2.21. The number of nitrogens with zero attached hydrogens (tertiary/aromatic N) is 4. The van der Waals surface area contributed by atoms with Crippen molar-refractivity contribution in [2.75, 3.05) is 5.73 Å². The molecule has 2 N–H and O–H groups in total. The van der Waals surface area contributed by atoms with Crippen LogP contribution in [0.5, 0.6) is 0 Å². The van der Waals surface area contributed by atoms with E-state index in [9.17, 15) is 4.39 Å². The summed E-state index contributed by atoms with van der Waals surface area (Å²) in [6, 6.07) is 5.19. The van der Waals surface area contributed by atoms with Gasteiger partial charge < -0.3 is 5.73 Å². The molecule has 0 aliphatic carbocycles. The largest absolute Gasteiger partial charge is 0.384 e. The van der Waals surface area contributed by atoms with Gasteiger partial charge in [0.2, 0.25) is 5.28 Å². The molecular weight excluding hydrogens is 293 g/mol. The van der Waals surface area contributed by atoms with Crippen LogP contribution in [0, 0.1) is 5.82 Å². The lowest BCUT2D eigenvalue weighted by Crippen LogP contribution is -2.05. The van der Waals surface area contributed by atoms with Crippen LogP contribution in [-0.4, -0.2) is 19.5 Å². The van der Waals surface area contributed by atoms with E-state index in [0.29, 0.717) is 34.8 Å². The van der Waals surface area contributed by atoms with Gasteiger partial charge in [0.25, 0.3) is 0 Å². The van der Waals surface area contributed by atoms with Crippen molar-refractivity contribution in [3.63, 3.8) is 0 Å². The molecule has 0 aliphatic heterocycles. The fourth-order valence-corrected chi connectivity index (χ4v) is 2.46. The van der Waals surface area contributed by atoms with E-state index >= 15 is 0 Å². The van der Waals surface area contributed by atoms with E-state index in [-0.39, 0.29) is 11.1 Å². The van der Waals surface area contributed by atoms with Gasteiger partial charge in [-0.2, -0.15) is 4.98 Å². The molecule has 0 radical (unpaired) electrons. The zero-order valence-corrected chi connectivity index (χ0v) is 12.1. The average Bonchev–Trinajstić information content (AvgIpc) is 2.72. The van der Waals surface area contributed by atoms with E-state index in [1.54, 1.807) is 22.8 Å². The predicted molar refractivity (Wildman–Crippen MR) is 80.0 cm³/mol. The highest BCUT2D eigenvalue weighted by atomic mass is 35.5. The van der Waals surface area contributed by atoms with Gasteiger partial charge in [0.15, 0.2) is 11.5 Å². The molecule has 0 bridgehead atoms. The monoisotopic (exact) mass is 305 g/mol. The first-order valence-corrected chi connectivity index (χ1v) is 6.94. The van der Waals surface area contributed by atoms with E-state index in [1.807, 2.05) is 6.92 Å². The Bertz CT molecular complexity index is 814. The van der Waals surface area contributed by atoms with Crippen molar-refractivity contribution in [3.05, 3.63) is 41.2 Å². The fraction of sp³-hybridized carbons (Fsp3) is 0.214. The number of halogens is 2. The van der Waals surface area contributed by atoms with Gasteiger partial charge in [-0.25, -0.2) is 14.4 Å². The smallest absolute Gasteiger partial charge is 0.224 e. The van der Waals surface area contributed by atoms with E-state index in [2.05, 4.69) is 15.0 Å². The molecule has 5 nitrogen and oxygen atoms in total. The zero-order chi connectivity index (χ0) is 15.0. The minimum absolute atomic E-state index is 0.0631. The molecule has 7 heteroatoms. The maximum Gasteiger partial charge on any atom is 0.224 e. The van der Waals surface area contributed by atoms with Crippen molar-refractivity contribution in [1.29, 1.82) is 0 Å². The SMILES string of the molecule is CCCc1c(F)c2cnc(Cl)nc2n1-c1cccc(N)n1. The molecule has 3 aromatic heterocycles. The first-order valence-electron chi connectivity index (χ1n) is 6.56. The summed E-state index contributed by atoms with van der Waals surface area (Å²) in [7, 11) is 0. The molecule has 0 spiro atoms. The first-order chi connectivity index (χ1) is 10.1. The van der Waals surface area contributed by atoms with Crippen molar-refractivity contribution in [2.45, 2.75) is 19.8 Å². The maximum absolute atomic E-state index is 14.6.